The van der Waals surface area contributed by atoms with Crippen LogP contribution in [0, 0.1) is 11.8 Å². The summed E-state index contributed by atoms with van der Waals surface area (Å²) in [6.45, 7) is 1.20. The van der Waals surface area contributed by atoms with Crippen molar-refractivity contribution in [1.82, 2.24) is 19.5 Å². The van der Waals surface area contributed by atoms with E-state index in [0.29, 0.717) is 28.1 Å². The highest BCUT2D eigenvalue weighted by molar-refractivity contribution is 5.94. The highest BCUT2D eigenvalue weighted by Gasteiger charge is 2.36. The Hall–Kier alpha value is -3.32. The zero-order valence-corrected chi connectivity index (χ0v) is 15.6. The van der Waals surface area contributed by atoms with Crippen LogP contribution in [-0.4, -0.2) is 54.3 Å². The molecule has 4 N–H and O–H groups in total. The number of nitrogens with zero attached hydrogens (tertiary/aromatic N) is 4. The third-order valence-corrected chi connectivity index (χ3v) is 4.79. The molecular weight excluding hydrogens is 374 g/mol. The van der Waals surface area contributed by atoms with Gasteiger partial charge in [-0.05, 0) is 25.0 Å². The molecule has 1 aliphatic heterocycles. The monoisotopic (exact) mass is 393 g/mol. The van der Waals surface area contributed by atoms with E-state index in [-0.39, 0.29) is 24.6 Å². The smallest absolute Gasteiger partial charge is 0.190 e. The van der Waals surface area contributed by atoms with E-state index in [4.69, 9.17) is 10.5 Å². The Bertz CT molecular complexity index is 1130. The molecule has 9 nitrogen and oxygen atoms in total. The van der Waals surface area contributed by atoms with Crippen LogP contribution >= 0.6 is 0 Å². The Morgan fingerprint density at radius 2 is 2.07 bits per heavy atom. The van der Waals surface area contributed by atoms with Crippen LogP contribution < -0.4 is 5.73 Å². The number of Topliss-reactive ketones (excluding diaryl/α,β-unsaturated/α-hetero) is 1. The number of ketones is 1. The van der Waals surface area contributed by atoms with Gasteiger partial charge in [0.25, 0.3) is 0 Å². The maximum absolute atomic E-state index is 11.4. The zero-order chi connectivity index (χ0) is 20.5. The fourth-order valence-corrected chi connectivity index (χ4v) is 3.24. The number of carbonyl (C=O) groups is 1. The van der Waals surface area contributed by atoms with Crippen molar-refractivity contribution in [3.63, 3.8) is 0 Å². The number of fused-ring (bicyclic) bond motifs is 1. The summed E-state index contributed by atoms with van der Waals surface area (Å²) in [5, 5.41) is 19.5. The first-order chi connectivity index (χ1) is 14.0. The Kier molecular flexibility index (Phi) is 4.98. The standard InChI is InChI=1S/C20H19N5O4/c1-11(27)13-5-2-12(3-6-13)4-7-16-24-18-19(21)22-10-23-20(18)25(16)17-8-14(28)15(9-26)29-17/h2-3,5-6,10,14-15,17,26,28H,8-9H2,1H3,(H2,21,22,23)/t14-,15+,17+/m0/s1. The minimum Gasteiger partial charge on any atom is -0.394 e. The van der Waals surface area contributed by atoms with Crippen LogP contribution in [0.3, 0.4) is 0 Å². The molecule has 1 saturated heterocycles. The lowest BCUT2D eigenvalue weighted by molar-refractivity contribution is -0.0434. The van der Waals surface area contributed by atoms with Gasteiger partial charge >= 0.3 is 0 Å². The molecule has 3 heterocycles. The molecule has 0 aliphatic carbocycles. The second-order valence-electron chi connectivity index (χ2n) is 6.73. The van der Waals surface area contributed by atoms with Crippen molar-refractivity contribution in [1.29, 1.82) is 0 Å². The summed E-state index contributed by atoms with van der Waals surface area (Å²) in [5.74, 6) is 6.53. The van der Waals surface area contributed by atoms with Crippen molar-refractivity contribution >= 4 is 22.8 Å². The number of anilines is 1. The Morgan fingerprint density at radius 3 is 2.72 bits per heavy atom. The first-order valence-corrected chi connectivity index (χ1v) is 9.03. The molecule has 3 atom stereocenters. The lowest BCUT2D eigenvalue weighted by Gasteiger charge is -2.14. The molecule has 0 amide bonds. The van der Waals surface area contributed by atoms with Crippen molar-refractivity contribution in [2.24, 2.45) is 0 Å². The predicted octanol–water partition coefficient (Wildman–Crippen LogP) is 0.652. The van der Waals surface area contributed by atoms with Gasteiger partial charge in [-0.1, -0.05) is 18.1 Å². The van der Waals surface area contributed by atoms with Crippen LogP contribution in [-0.2, 0) is 4.74 Å². The number of hydrogen-bond donors (Lipinski definition) is 3. The van der Waals surface area contributed by atoms with E-state index in [1.807, 2.05) is 0 Å². The number of aliphatic hydroxyl groups is 2. The number of rotatable bonds is 3. The largest absolute Gasteiger partial charge is 0.394 e. The SMILES string of the molecule is CC(=O)c1ccc(C#Cc2nc3c(N)ncnc3n2[C@H]2C[C@H](O)[C@@H](CO)O2)cc1. The van der Waals surface area contributed by atoms with Crippen LogP contribution in [0.2, 0.25) is 0 Å². The Balaban J connectivity index is 1.77. The molecule has 0 bridgehead atoms. The molecule has 0 radical (unpaired) electrons. The van der Waals surface area contributed by atoms with Crippen molar-refractivity contribution < 1.29 is 19.7 Å². The third kappa shape index (κ3) is 3.56. The van der Waals surface area contributed by atoms with E-state index in [1.54, 1.807) is 28.8 Å². The minimum absolute atomic E-state index is 0.0178. The summed E-state index contributed by atoms with van der Waals surface area (Å²) < 4.78 is 7.42. The highest BCUT2D eigenvalue weighted by Crippen LogP contribution is 2.32. The molecule has 3 aromatic rings. The van der Waals surface area contributed by atoms with Gasteiger partial charge in [0.2, 0.25) is 0 Å². The van der Waals surface area contributed by atoms with Gasteiger partial charge in [0.05, 0.1) is 12.7 Å². The third-order valence-electron chi connectivity index (χ3n) is 4.79. The molecule has 4 rings (SSSR count). The number of carbonyl (C=O) groups excluding carboxylic acids is 1. The normalized spacial score (nSPS) is 21.1. The van der Waals surface area contributed by atoms with Crippen LogP contribution in [0.15, 0.2) is 30.6 Å². The van der Waals surface area contributed by atoms with E-state index < -0.39 is 18.4 Å². The Morgan fingerprint density at radius 1 is 1.31 bits per heavy atom. The number of ether oxygens (including phenoxy) is 1. The van der Waals surface area contributed by atoms with Crippen LogP contribution in [0.4, 0.5) is 5.82 Å². The maximum Gasteiger partial charge on any atom is 0.190 e. The molecule has 148 valence electrons. The summed E-state index contributed by atoms with van der Waals surface area (Å²) in [6.07, 6.45) is -0.547. The second-order valence-corrected chi connectivity index (χ2v) is 6.73. The van der Waals surface area contributed by atoms with E-state index in [1.165, 1.54) is 13.3 Å². The number of benzene rings is 1. The van der Waals surface area contributed by atoms with E-state index in [2.05, 4.69) is 26.8 Å². The molecule has 1 fully saturated rings. The zero-order valence-electron chi connectivity index (χ0n) is 15.6. The molecule has 29 heavy (non-hydrogen) atoms. The maximum atomic E-state index is 11.4. The molecule has 1 aliphatic rings. The molecule has 0 unspecified atom stereocenters. The number of imidazole rings is 1. The van der Waals surface area contributed by atoms with Gasteiger partial charge in [-0.2, -0.15) is 0 Å². The number of aliphatic hydroxyl groups excluding tert-OH is 2. The minimum atomic E-state index is -0.818. The van der Waals surface area contributed by atoms with E-state index >= 15 is 0 Å². The Labute approximate surface area is 166 Å². The van der Waals surface area contributed by atoms with Gasteiger partial charge in [-0.3, -0.25) is 9.36 Å². The number of nitrogens with two attached hydrogens (primary N) is 1. The van der Waals surface area contributed by atoms with Gasteiger partial charge in [0.15, 0.2) is 28.6 Å². The first kappa shape index (κ1) is 19.0. The van der Waals surface area contributed by atoms with Gasteiger partial charge in [0.1, 0.15) is 18.7 Å². The number of hydrogen-bond acceptors (Lipinski definition) is 8. The van der Waals surface area contributed by atoms with Crippen molar-refractivity contribution in [3.8, 4) is 11.8 Å². The van der Waals surface area contributed by atoms with Crippen LogP contribution in [0.1, 0.15) is 41.3 Å². The highest BCUT2D eigenvalue weighted by atomic mass is 16.5. The fraction of sp³-hybridized carbons (Fsp3) is 0.300. The lowest BCUT2D eigenvalue weighted by atomic mass is 10.1. The van der Waals surface area contributed by atoms with Gasteiger partial charge in [0, 0.05) is 17.5 Å². The quantitative estimate of drug-likeness (QED) is 0.436. The van der Waals surface area contributed by atoms with Crippen molar-refractivity contribution in [2.75, 3.05) is 12.3 Å². The molecule has 0 saturated carbocycles. The molecule has 9 heteroatoms. The van der Waals surface area contributed by atoms with Crippen molar-refractivity contribution in [3.05, 3.63) is 47.5 Å². The predicted molar refractivity (Wildman–Crippen MR) is 104 cm³/mol. The molecule has 2 aromatic heterocycles. The summed E-state index contributed by atoms with van der Waals surface area (Å²) in [7, 11) is 0. The fourth-order valence-electron chi connectivity index (χ4n) is 3.24. The molecule has 0 spiro atoms. The summed E-state index contributed by atoms with van der Waals surface area (Å²) >= 11 is 0. The van der Waals surface area contributed by atoms with Gasteiger partial charge < -0.3 is 20.7 Å². The van der Waals surface area contributed by atoms with E-state index in [9.17, 15) is 15.0 Å². The molecule has 1 aromatic carbocycles. The average Bonchev–Trinajstić information content (AvgIpc) is 3.27. The van der Waals surface area contributed by atoms with Crippen molar-refractivity contribution in [2.45, 2.75) is 31.8 Å². The second kappa shape index (κ2) is 7.60. The first-order valence-electron chi connectivity index (χ1n) is 9.03. The summed E-state index contributed by atoms with van der Waals surface area (Å²) in [4.78, 5) is 24.1. The lowest BCUT2D eigenvalue weighted by Crippen LogP contribution is -2.24. The number of nitrogen functional groups attached to an aromatic ring is 1. The molecular formula is C20H19N5O4. The average molecular weight is 393 g/mol. The van der Waals surface area contributed by atoms with Crippen LogP contribution in [0.5, 0.6) is 0 Å². The number of aromatic nitrogens is 4. The topological polar surface area (TPSA) is 136 Å². The van der Waals surface area contributed by atoms with Gasteiger partial charge in [-0.15, -0.1) is 0 Å². The van der Waals surface area contributed by atoms with Crippen LogP contribution in [0.25, 0.3) is 11.2 Å². The van der Waals surface area contributed by atoms with E-state index in [0.717, 1.165) is 0 Å². The summed E-state index contributed by atoms with van der Waals surface area (Å²) in [5.41, 5.74) is 8.06. The summed E-state index contributed by atoms with van der Waals surface area (Å²) in [6, 6.07) is 6.92. The van der Waals surface area contributed by atoms with Gasteiger partial charge in [-0.25, -0.2) is 15.0 Å².